The van der Waals surface area contributed by atoms with Gasteiger partial charge in [-0.05, 0) is 25.3 Å². The van der Waals surface area contributed by atoms with Crippen molar-refractivity contribution in [1.29, 1.82) is 0 Å². The first-order valence-corrected chi connectivity index (χ1v) is 8.04. The first kappa shape index (κ1) is 15.0. The molecule has 1 aliphatic carbocycles. The normalized spacial score (nSPS) is 23.7. The average Bonchev–Trinajstić information content (AvgIpc) is 2.79. The molecule has 1 aliphatic rings. The van der Waals surface area contributed by atoms with Crippen molar-refractivity contribution in [3.8, 4) is 0 Å². The third kappa shape index (κ3) is 3.38. The molecule has 2 unspecified atom stereocenters. The van der Waals surface area contributed by atoms with Gasteiger partial charge in [-0.15, -0.1) is 0 Å². The van der Waals surface area contributed by atoms with E-state index in [2.05, 4.69) is 9.71 Å². The van der Waals surface area contributed by atoms with Gasteiger partial charge in [0.25, 0.3) is 0 Å². The van der Waals surface area contributed by atoms with Crippen LogP contribution in [-0.4, -0.2) is 32.7 Å². The van der Waals surface area contributed by atoms with E-state index < -0.39 is 10.0 Å². The van der Waals surface area contributed by atoms with Crippen molar-refractivity contribution in [2.75, 3.05) is 7.11 Å². The second kappa shape index (κ2) is 5.93. The molecule has 0 spiro atoms. The van der Waals surface area contributed by atoms with E-state index in [1.54, 1.807) is 7.11 Å². The predicted molar refractivity (Wildman–Crippen MR) is 73.0 cm³/mol. The van der Waals surface area contributed by atoms with Gasteiger partial charge in [0.2, 0.25) is 10.0 Å². The molecular formula is C11H14Cl2N2O3S. The second-order valence-electron chi connectivity index (χ2n) is 4.38. The second-order valence-corrected chi connectivity index (χ2v) is 6.86. The van der Waals surface area contributed by atoms with Crippen LogP contribution in [0.25, 0.3) is 0 Å². The summed E-state index contributed by atoms with van der Waals surface area (Å²) < 4.78 is 32.3. The molecule has 0 radical (unpaired) electrons. The molecule has 1 N–H and O–H groups in total. The third-order valence-electron chi connectivity index (χ3n) is 3.14. The molecule has 19 heavy (non-hydrogen) atoms. The number of ether oxygens (including phenoxy) is 1. The van der Waals surface area contributed by atoms with Gasteiger partial charge in [0.05, 0.1) is 11.1 Å². The minimum atomic E-state index is -3.66. The molecule has 0 bridgehead atoms. The number of hydrogen-bond acceptors (Lipinski definition) is 4. The molecule has 0 aromatic carbocycles. The highest BCUT2D eigenvalue weighted by molar-refractivity contribution is 7.89. The van der Waals surface area contributed by atoms with Gasteiger partial charge in [0, 0.05) is 19.3 Å². The molecule has 8 heteroatoms. The molecule has 0 saturated heterocycles. The van der Waals surface area contributed by atoms with Crippen LogP contribution in [0.5, 0.6) is 0 Å². The van der Waals surface area contributed by atoms with Crippen molar-refractivity contribution < 1.29 is 13.2 Å². The molecular weight excluding hydrogens is 311 g/mol. The lowest BCUT2D eigenvalue weighted by atomic mass is 10.2. The lowest BCUT2D eigenvalue weighted by molar-refractivity contribution is 0.0916. The Kier molecular flexibility index (Phi) is 4.68. The summed E-state index contributed by atoms with van der Waals surface area (Å²) in [7, 11) is -2.08. The number of pyridine rings is 1. The fourth-order valence-corrected chi connectivity index (χ4v) is 3.76. The maximum absolute atomic E-state index is 12.2. The molecule has 1 aromatic heterocycles. The van der Waals surface area contributed by atoms with E-state index in [9.17, 15) is 8.42 Å². The van der Waals surface area contributed by atoms with Gasteiger partial charge < -0.3 is 4.74 Å². The highest BCUT2D eigenvalue weighted by atomic mass is 35.5. The van der Waals surface area contributed by atoms with Crippen LogP contribution in [0.1, 0.15) is 19.3 Å². The number of halogens is 2. The Bertz CT molecular complexity index is 565. The zero-order chi connectivity index (χ0) is 14.0. The zero-order valence-corrected chi connectivity index (χ0v) is 12.6. The maximum Gasteiger partial charge on any atom is 0.242 e. The predicted octanol–water partition coefficient (Wildman–Crippen LogP) is 2.23. The highest BCUT2D eigenvalue weighted by Crippen LogP contribution is 2.25. The Balaban J connectivity index is 2.20. The third-order valence-corrected chi connectivity index (χ3v) is 5.29. The topological polar surface area (TPSA) is 68.3 Å². The monoisotopic (exact) mass is 324 g/mol. The van der Waals surface area contributed by atoms with Gasteiger partial charge >= 0.3 is 0 Å². The summed E-state index contributed by atoms with van der Waals surface area (Å²) in [5.41, 5.74) is 0. The number of rotatable bonds is 4. The first-order chi connectivity index (χ1) is 8.94. The Hall–Kier alpha value is -0.400. The molecule has 1 heterocycles. The molecule has 1 aromatic rings. The quantitative estimate of drug-likeness (QED) is 0.862. The smallest absolute Gasteiger partial charge is 0.242 e. The lowest BCUT2D eigenvalue weighted by Gasteiger charge is -2.19. The Morgan fingerprint density at radius 1 is 1.42 bits per heavy atom. The zero-order valence-electron chi connectivity index (χ0n) is 10.3. The van der Waals surface area contributed by atoms with Crippen molar-refractivity contribution in [1.82, 2.24) is 9.71 Å². The highest BCUT2D eigenvalue weighted by Gasteiger charge is 2.31. The molecule has 2 rings (SSSR count). The van der Waals surface area contributed by atoms with Gasteiger partial charge in [0.15, 0.2) is 0 Å². The molecule has 5 nitrogen and oxygen atoms in total. The van der Waals surface area contributed by atoms with E-state index in [1.807, 2.05) is 0 Å². The Labute approximate surface area is 122 Å². The average molecular weight is 325 g/mol. The molecule has 0 aliphatic heterocycles. The van der Waals surface area contributed by atoms with Gasteiger partial charge in [0.1, 0.15) is 10.0 Å². The minimum absolute atomic E-state index is 0.00338. The number of hydrogen-bond donors (Lipinski definition) is 1. The SMILES string of the molecule is COC1CCCC1NS(=O)(=O)c1cnc(Cl)c(Cl)c1. The first-order valence-electron chi connectivity index (χ1n) is 5.80. The number of aromatic nitrogens is 1. The van der Waals surface area contributed by atoms with E-state index in [-0.39, 0.29) is 27.2 Å². The van der Waals surface area contributed by atoms with E-state index in [0.717, 1.165) is 19.3 Å². The van der Waals surface area contributed by atoms with Crippen molar-refractivity contribution in [2.45, 2.75) is 36.3 Å². The largest absolute Gasteiger partial charge is 0.380 e. The van der Waals surface area contributed by atoms with E-state index in [0.29, 0.717) is 0 Å². The van der Waals surface area contributed by atoms with Gasteiger partial charge in [-0.3, -0.25) is 0 Å². The van der Waals surface area contributed by atoms with E-state index in [4.69, 9.17) is 27.9 Å². The van der Waals surface area contributed by atoms with Gasteiger partial charge in [-0.2, -0.15) is 0 Å². The standard InChI is InChI=1S/C11H14Cl2N2O3S/c1-18-10-4-2-3-9(10)15-19(16,17)7-5-8(12)11(13)14-6-7/h5-6,9-10,15H,2-4H2,1H3. The number of nitrogens with zero attached hydrogens (tertiary/aromatic N) is 1. The van der Waals surface area contributed by atoms with Crippen LogP contribution in [0.4, 0.5) is 0 Å². The van der Waals surface area contributed by atoms with Crippen LogP contribution >= 0.6 is 23.2 Å². The van der Waals surface area contributed by atoms with Gasteiger partial charge in [-0.25, -0.2) is 18.1 Å². The summed E-state index contributed by atoms with van der Waals surface area (Å²) in [4.78, 5) is 3.75. The summed E-state index contributed by atoms with van der Waals surface area (Å²) in [6, 6.07) is 1.07. The van der Waals surface area contributed by atoms with Crippen molar-refractivity contribution in [3.05, 3.63) is 22.4 Å². The van der Waals surface area contributed by atoms with Crippen LogP contribution in [0.3, 0.4) is 0 Å². The summed E-state index contributed by atoms with van der Waals surface area (Å²) in [5.74, 6) is 0. The lowest BCUT2D eigenvalue weighted by Crippen LogP contribution is -2.40. The van der Waals surface area contributed by atoms with Crippen molar-refractivity contribution in [3.63, 3.8) is 0 Å². The number of nitrogens with one attached hydrogen (secondary N) is 1. The molecule has 1 saturated carbocycles. The molecule has 1 fully saturated rings. The molecule has 0 amide bonds. The maximum atomic E-state index is 12.2. The van der Waals surface area contributed by atoms with E-state index in [1.165, 1.54) is 12.3 Å². The Morgan fingerprint density at radius 3 is 2.79 bits per heavy atom. The van der Waals surface area contributed by atoms with Gasteiger partial charge in [-0.1, -0.05) is 23.2 Å². The summed E-state index contributed by atoms with van der Waals surface area (Å²) in [6.45, 7) is 0. The summed E-state index contributed by atoms with van der Waals surface area (Å²) >= 11 is 11.4. The minimum Gasteiger partial charge on any atom is -0.380 e. The van der Waals surface area contributed by atoms with Crippen molar-refractivity contribution in [2.24, 2.45) is 0 Å². The Morgan fingerprint density at radius 2 is 2.16 bits per heavy atom. The van der Waals surface area contributed by atoms with E-state index >= 15 is 0 Å². The van der Waals surface area contributed by atoms with Crippen LogP contribution in [0, 0.1) is 0 Å². The molecule has 106 valence electrons. The summed E-state index contributed by atoms with van der Waals surface area (Å²) in [6.07, 6.45) is 3.64. The van der Waals surface area contributed by atoms with Crippen molar-refractivity contribution >= 4 is 33.2 Å². The van der Waals surface area contributed by atoms with Crippen LogP contribution in [0.15, 0.2) is 17.2 Å². The van der Waals surface area contributed by atoms with Crippen LogP contribution in [0.2, 0.25) is 10.2 Å². The van der Waals surface area contributed by atoms with Crippen LogP contribution < -0.4 is 4.72 Å². The number of sulfonamides is 1. The van der Waals surface area contributed by atoms with Crippen LogP contribution in [-0.2, 0) is 14.8 Å². The number of methoxy groups -OCH3 is 1. The molecule has 2 atom stereocenters. The fraction of sp³-hybridized carbons (Fsp3) is 0.545. The summed E-state index contributed by atoms with van der Waals surface area (Å²) in [5, 5.41) is 0.190. The fourth-order valence-electron chi connectivity index (χ4n) is 2.16.